The fourth-order valence-corrected chi connectivity index (χ4v) is 2.65. The van der Waals surface area contributed by atoms with Crippen molar-refractivity contribution in [3.63, 3.8) is 0 Å². The van der Waals surface area contributed by atoms with Crippen molar-refractivity contribution >= 4 is 5.91 Å². The molecule has 1 amide bonds. The smallest absolute Gasteiger partial charge is 0.257 e. The predicted octanol–water partition coefficient (Wildman–Crippen LogP) is 3.11. The Bertz CT molecular complexity index is 839. The first kappa shape index (κ1) is 16.9. The summed E-state index contributed by atoms with van der Waals surface area (Å²) in [5.41, 5.74) is 3.86. The third kappa shape index (κ3) is 3.95. The first-order valence-electron chi connectivity index (χ1n) is 8.17. The van der Waals surface area contributed by atoms with Crippen LogP contribution in [0.25, 0.3) is 11.3 Å². The van der Waals surface area contributed by atoms with E-state index < -0.39 is 0 Å². The second-order valence-corrected chi connectivity index (χ2v) is 5.81. The van der Waals surface area contributed by atoms with Crippen LogP contribution in [-0.4, -0.2) is 22.7 Å². The van der Waals surface area contributed by atoms with Gasteiger partial charge >= 0.3 is 0 Å². The van der Waals surface area contributed by atoms with Crippen molar-refractivity contribution in [1.82, 2.24) is 10.5 Å². The molecule has 0 fully saturated rings. The fraction of sp³-hybridized carbons (Fsp3) is 0.200. The first-order chi connectivity index (χ1) is 12.2. The Hall–Kier alpha value is -2.92. The molecular weight excluding hydrogens is 316 g/mol. The zero-order valence-electron chi connectivity index (χ0n) is 14.0. The number of carbonyl (C=O) groups is 1. The molecule has 5 nitrogen and oxygen atoms in total. The van der Waals surface area contributed by atoms with Crippen molar-refractivity contribution in [3.05, 3.63) is 77.0 Å². The lowest BCUT2D eigenvalue weighted by molar-refractivity contribution is 0.0953. The highest BCUT2D eigenvalue weighted by atomic mass is 16.5. The van der Waals surface area contributed by atoms with E-state index in [1.807, 2.05) is 54.6 Å². The molecule has 2 aromatic carbocycles. The molecule has 3 aromatic rings. The van der Waals surface area contributed by atoms with E-state index in [9.17, 15) is 4.79 Å². The van der Waals surface area contributed by atoms with Gasteiger partial charge in [-0.3, -0.25) is 4.79 Å². The maximum absolute atomic E-state index is 12.6. The van der Waals surface area contributed by atoms with Gasteiger partial charge in [-0.1, -0.05) is 59.8 Å². The molecule has 1 aromatic heterocycles. The van der Waals surface area contributed by atoms with Gasteiger partial charge in [-0.25, -0.2) is 0 Å². The van der Waals surface area contributed by atoms with E-state index >= 15 is 0 Å². The Labute approximate surface area is 146 Å². The van der Waals surface area contributed by atoms with Gasteiger partial charge in [-0.15, -0.1) is 0 Å². The van der Waals surface area contributed by atoms with Crippen LogP contribution in [-0.2, 0) is 13.0 Å². The summed E-state index contributed by atoms with van der Waals surface area (Å²) in [5, 5.41) is 16.0. The first-order valence-corrected chi connectivity index (χ1v) is 8.17. The minimum Gasteiger partial charge on any atom is -0.392 e. The summed E-state index contributed by atoms with van der Waals surface area (Å²) in [7, 11) is 0. The molecule has 0 bridgehead atoms. The summed E-state index contributed by atoms with van der Waals surface area (Å²) in [5.74, 6) is 0.313. The number of benzene rings is 2. The highest BCUT2D eigenvalue weighted by Crippen LogP contribution is 2.24. The summed E-state index contributed by atoms with van der Waals surface area (Å²) >= 11 is 0. The molecule has 0 aliphatic rings. The minimum absolute atomic E-state index is 0.0338. The van der Waals surface area contributed by atoms with Crippen molar-refractivity contribution in [2.45, 2.75) is 20.0 Å². The van der Waals surface area contributed by atoms with Crippen molar-refractivity contribution < 1.29 is 14.4 Å². The van der Waals surface area contributed by atoms with Crippen LogP contribution in [0, 0.1) is 6.92 Å². The third-order valence-corrected chi connectivity index (χ3v) is 4.04. The Morgan fingerprint density at radius 2 is 1.76 bits per heavy atom. The Balaban J connectivity index is 1.66. The van der Waals surface area contributed by atoms with Crippen molar-refractivity contribution in [1.29, 1.82) is 0 Å². The summed E-state index contributed by atoms with van der Waals surface area (Å²) in [6.07, 6.45) is 0.711. The van der Waals surface area contributed by atoms with Crippen LogP contribution in [0.1, 0.15) is 27.2 Å². The maximum Gasteiger partial charge on any atom is 0.257 e. The van der Waals surface area contributed by atoms with Gasteiger partial charge in [0.2, 0.25) is 0 Å². The largest absolute Gasteiger partial charge is 0.392 e. The van der Waals surface area contributed by atoms with E-state index in [1.165, 1.54) is 0 Å². The topological polar surface area (TPSA) is 75.4 Å². The third-order valence-electron chi connectivity index (χ3n) is 4.04. The second kappa shape index (κ2) is 7.77. The number of hydrogen-bond donors (Lipinski definition) is 2. The number of nitrogens with zero attached hydrogens (tertiary/aromatic N) is 1. The molecule has 5 heteroatoms. The number of aliphatic hydroxyl groups is 1. The number of aryl methyl sites for hydroxylation is 1. The Morgan fingerprint density at radius 1 is 1.08 bits per heavy atom. The van der Waals surface area contributed by atoms with Crippen LogP contribution in [0.4, 0.5) is 0 Å². The fourth-order valence-electron chi connectivity index (χ4n) is 2.65. The zero-order chi connectivity index (χ0) is 17.6. The molecule has 0 saturated heterocycles. The van der Waals surface area contributed by atoms with Gasteiger partial charge < -0.3 is 14.9 Å². The monoisotopic (exact) mass is 336 g/mol. The van der Waals surface area contributed by atoms with E-state index in [4.69, 9.17) is 9.63 Å². The van der Waals surface area contributed by atoms with Crippen LogP contribution in [0.5, 0.6) is 0 Å². The summed E-state index contributed by atoms with van der Waals surface area (Å²) in [6.45, 7) is 2.28. The molecule has 0 aliphatic carbocycles. The average molecular weight is 336 g/mol. The van der Waals surface area contributed by atoms with Gasteiger partial charge in [0.1, 0.15) is 17.0 Å². The SMILES string of the molecule is Cc1onc(-c2ccccc2)c1C(=O)NCCc1ccc(CO)cc1. The van der Waals surface area contributed by atoms with Crippen LogP contribution in [0.3, 0.4) is 0 Å². The molecule has 0 atom stereocenters. The molecule has 1 heterocycles. The number of rotatable bonds is 6. The van der Waals surface area contributed by atoms with Gasteiger partial charge in [-0.05, 0) is 24.5 Å². The highest BCUT2D eigenvalue weighted by Gasteiger charge is 2.21. The molecule has 0 spiro atoms. The molecule has 3 rings (SSSR count). The molecule has 0 radical (unpaired) electrons. The van der Waals surface area contributed by atoms with E-state index in [2.05, 4.69) is 10.5 Å². The second-order valence-electron chi connectivity index (χ2n) is 5.81. The Kier molecular flexibility index (Phi) is 5.26. The number of amides is 1. The van der Waals surface area contributed by atoms with Crippen LogP contribution < -0.4 is 5.32 Å². The molecule has 0 saturated carbocycles. The average Bonchev–Trinajstić information content (AvgIpc) is 3.04. The molecule has 2 N–H and O–H groups in total. The van der Waals surface area contributed by atoms with Gasteiger partial charge in [0.05, 0.1) is 6.61 Å². The Morgan fingerprint density at radius 3 is 2.44 bits per heavy atom. The highest BCUT2D eigenvalue weighted by molar-refractivity contribution is 6.00. The standard InChI is InChI=1S/C20H20N2O3/c1-14-18(19(22-25-14)17-5-3-2-4-6-17)20(24)21-12-11-15-7-9-16(13-23)10-8-15/h2-10,23H,11-13H2,1H3,(H,21,24). The maximum atomic E-state index is 12.6. The molecule has 0 unspecified atom stereocenters. The number of nitrogens with one attached hydrogen (secondary N) is 1. The summed E-state index contributed by atoms with van der Waals surface area (Å²) < 4.78 is 5.23. The normalized spacial score (nSPS) is 10.6. The van der Waals surface area contributed by atoms with Gasteiger partial charge in [0.15, 0.2) is 0 Å². The van der Waals surface area contributed by atoms with Gasteiger partial charge in [0.25, 0.3) is 5.91 Å². The molecule has 128 valence electrons. The van der Waals surface area contributed by atoms with Crippen LogP contribution in [0.15, 0.2) is 59.1 Å². The lowest BCUT2D eigenvalue weighted by Gasteiger charge is -2.06. The van der Waals surface area contributed by atoms with Crippen LogP contribution >= 0.6 is 0 Å². The van der Waals surface area contributed by atoms with Crippen molar-refractivity contribution in [2.75, 3.05) is 6.54 Å². The number of aliphatic hydroxyl groups excluding tert-OH is 1. The number of hydrogen-bond acceptors (Lipinski definition) is 4. The zero-order valence-corrected chi connectivity index (χ0v) is 14.0. The number of aromatic nitrogens is 1. The molecule has 25 heavy (non-hydrogen) atoms. The van der Waals surface area contributed by atoms with Gasteiger partial charge in [0, 0.05) is 12.1 Å². The van der Waals surface area contributed by atoms with E-state index in [-0.39, 0.29) is 12.5 Å². The lowest BCUT2D eigenvalue weighted by atomic mass is 10.1. The van der Waals surface area contributed by atoms with E-state index in [1.54, 1.807) is 6.92 Å². The molecule has 0 aliphatic heterocycles. The summed E-state index contributed by atoms with van der Waals surface area (Å²) in [4.78, 5) is 12.6. The van der Waals surface area contributed by atoms with Crippen molar-refractivity contribution in [3.8, 4) is 11.3 Å². The van der Waals surface area contributed by atoms with Crippen molar-refractivity contribution in [2.24, 2.45) is 0 Å². The van der Waals surface area contributed by atoms with E-state index in [0.29, 0.717) is 30.0 Å². The van der Waals surface area contributed by atoms with E-state index in [0.717, 1.165) is 16.7 Å². The quantitative estimate of drug-likeness (QED) is 0.725. The molecular formula is C20H20N2O3. The van der Waals surface area contributed by atoms with Gasteiger partial charge in [-0.2, -0.15) is 0 Å². The minimum atomic E-state index is -0.190. The predicted molar refractivity (Wildman–Crippen MR) is 95.1 cm³/mol. The lowest BCUT2D eigenvalue weighted by Crippen LogP contribution is -2.26. The number of carbonyl (C=O) groups excluding carboxylic acids is 1. The summed E-state index contributed by atoms with van der Waals surface area (Å²) in [6, 6.07) is 17.2. The van der Waals surface area contributed by atoms with Crippen LogP contribution in [0.2, 0.25) is 0 Å².